The van der Waals surface area contributed by atoms with Gasteiger partial charge in [-0.05, 0) is 12.8 Å². The molecule has 3 rings (SSSR count). The molecule has 1 aliphatic heterocycles. The Hall–Kier alpha value is -2.65. The second-order valence-electron chi connectivity index (χ2n) is 6.50. The average Bonchev–Trinajstić information content (AvgIpc) is 3.09. The zero-order valence-corrected chi connectivity index (χ0v) is 15.9. The number of sulfonamides is 1. The molecule has 0 aromatic carbocycles. The van der Waals surface area contributed by atoms with Crippen molar-refractivity contribution < 1.29 is 17.2 Å². The Bertz CT molecular complexity index is 979. The molecule has 2 aromatic rings. The molecular formula is C16H19F2N7O2S. The van der Waals surface area contributed by atoms with Crippen LogP contribution in [0, 0.1) is 11.3 Å². The van der Waals surface area contributed by atoms with Gasteiger partial charge in [0.15, 0.2) is 0 Å². The molecule has 0 unspecified atom stereocenters. The summed E-state index contributed by atoms with van der Waals surface area (Å²) in [5, 5.41) is 12.4. The van der Waals surface area contributed by atoms with Gasteiger partial charge in [-0.15, -0.1) is 0 Å². The van der Waals surface area contributed by atoms with Gasteiger partial charge >= 0.3 is 0 Å². The molecule has 0 spiro atoms. The van der Waals surface area contributed by atoms with E-state index in [-0.39, 0.29) is 23.2 Å². The number of halogens is 2. The number of nitrogens with one attached hydrogen (secondary N) is 1. The van der Waals surface area contributed by atoms with Crippen molar-refractivity contribution in [2.24, 2.45) is 0 Å². The summed E-state index contributed by atoms with van der Waals surface area (Å²) < 4.78 is 50.9. The molecule has 12 heteroatoms. The van der Waals surface area contributed by atoms with Gasteiger partial charge in [0, 0.05) is 25.3 Å². The first-order valence-corrected chi connectivity index (χ1v) is 10.4. The summed E-state index contributed by atoms with van der Waals surface area (Å²) in [6.07, 6.45) is 3.87. The smallest absolute Gasteiger partial charge is 0.256 e. The molecule has 2 aromatic heterocycles. The van der Waals surface area contributed by atoms with Crippen molar-refractivity contribution in [1.29, 1.82) is 5.26 Å². The predicted octanol–water partition coefficient (Wildman–Crippen LogP) is 1.31. The van der Waals surface area contributed by atoms with Crippen molar-refractivity contribution in [1.82, 2.24) is 23.8 Å². The van der Waals surface area contributed by atoms with Crippen LogP contribution < -0.4 is 5.32 Å². The maximum atomic E-state index is 12.5. The van der Waals surface area contributed by atoms with Crippen LogP contribution in [0.4, 0.5) is 14.7 Å². The SMILES string of the molecule is CS(=O)(=O)N1CCC(Nc2ncc(C#N)c(-c3cn(CC(F)F)cn3)n2)CC1. The van der Waals surface area contributed by atoms with Crippen molar-refractivity contribution >= 4 is 16.0 Å². The Balaban J connectivity index is 1.75. The van der Waals surface area contributed by atoms with Gasteiger partial charge in [0.1, 0.15) is 17.5 Å². The molecule has 0 amide bonds. The third-order valence-corrected chi connectivity index (χ3v) is 5.69. The molecule has 0 bridgehead atoms. The first-order chi connectivity index (χ1) is 13.3. The van der Waals surface area contributed by atoms with Gasteiger partial charge in [0.25, 0.3) is 6.43 Å². The highest BCUT2D eigenvalue weighted by Crippen LogP contribution is 2.22. The summed E-state index contributed by atoms with van der Waals surface area (Å²) in [4.78, 5) is 12.5. The zero-order chi connectivity index (χ0) is 20.3. The van der Waals surface area contributed by atoms with Crippen molar-refractivity contribution in [3.8, 4) is 17.5 Å². The molecule has 1 aliphatic rings. The van der Waals surface area contributed by atoms with Crippen LogP contribution in [0.25, 0.3) is 11.4 Å². The van der Waals surface area contributed by atoms with Crippen molar-refractivity contribution in [3.63, 3.8) is 0 Å². The molecule has 0 radical (unpaired) electrons. The summed E-state index contributed by atoms with van der Waals surface area (Å²) in [6.45, 7) is 0.305. The largest absolute Gasteiger partial charge is 0.351 e. The van der Waals surface area contributed by atoms with Crippen LogP contribution in [0.3, 0.4) is 0 Å². The van der Waals surface area contributed by atoms with Crippen LogP contribution in [0.2, 0.25) is 0 Å². The highest BCUT2D eigenvalue weighted by atomic mass is 32.2. The van der Waals surface area contributed by atoms with Crippen molar-refractivity contribution in [2.75, 3.05) is 24.7 Å². The maximum absolute atomic E-state index is 12.5. The third-order valence-electron chi connectivity index (χ3n) is 4.39. The Morgan fingerprint density at radius 2 is 2.07 bits per heavy atom. The summed E-state index contributed by atoms with van der Waals surface area (Å²) in [7, 11) is -3.21. The molecule has 0 aliphatic carbocycles. The highest BCUT2D eigenvalue weighted by molar-refractivity contribution is 7.88. The van der Waals surface area contributed by atoms with Crippen LogP contribution in [-0.2, 0) is 16.6 Å². The summed E-state index contributed by atoms with van der Waals surface area (Å²) in [6, 6.07) is 1.96. The number of rotatable bonds is 6. The summed E-state index contributed by atoms with van der Waals surface area (Å²) >= 11 is 0. The number of aromatic nitrogens is 4. The molecule has 1 saturated heterocycles. The number of anilines is 1. The minimum Gasteiger partial charge on any atom is -0.351 e. The number of nitriles is 1. The van der Waals surface area contributed by atoms with E-state index in [9.17, 15) is 22.5 Å². The standard InChI is InChI=1S/C16H19F2N7O2S/c1-28(26,27)25-4-2-12(3-5-25)22-16-20-7-11(6-19)15(23-16)13-8-24(10-21-13)9-14(17)18/h7-8,10,12,14H,2-5,9H2,1H3,(H,20,22,23). The Morgan fingerprint density at radius 1 is 1.36 bits per heavy atom. The van der Waals surface area contributed by atoms with E-state index >= 15 is 0 Å². The lowest BCUT2D eigenvalue weighted by molar-refractivity contribution is 0.126. The molecule has 3 heterocycles. The fourth-order valence-electron chi connectivity index (χ4n) is 2.98. The monoisotopic (exact) mass is 411 g/mol. The molecular weight excluding hydrogens is 392 g/mol. The van der Waals surface area contributed by atoms with Crippen LogP contribution in [0.1, 0.15) is 18.4 Å². The van der Waals surface area contributed by atoms with Crippen LogP contribution >= 0.6 is 0 Å². The molecule has 0 saturated carbocycles. The van der Waals surface area contributed by atoms with E-state index in [1.165, 1.54) is 33.8 Å². The van der Waals surface area contributed by atoms with Crippen LogP contribution in [0.5, 0.6) is 0 Å². The van der Waals surface area contributed by atoms with E-state index in [1.54, 1.807) is 0 Å². The fourth-order valence-corrected chi connectivity index (χ4v) is 3.86. The summed E-state index contributed by atoms with van der Waals surface area (Å²) in [5.41, 5.74) is 0.732. The highest BCUT2D eigenvalue weighted by Gasteiger charge is 2.25. The minimum atomic E-state index is -3.21. The number of piperidine rings is 1. The van der Waals surface area contributed by atoms with E-state index in [1.807, 2.05) is 6.07 Å². The second kappa shape index (κ2) is 8.15. The van der Waals surface area contributed by atoms with E-state index in [0.29, 0.717) is 31.6 Å². The number of imidazole rings is 1. The number of nitrogens with zero attached hydrogens (tertiary/aromatic N) is 6. The van der Waals surface area contributed by atoms with Crippen molar-refractivity contribution in [2.45, 2.75) is 31.9 Å². The number of alkyl halides is 2. The molecule has 28 heavy (non-hydrogen) atoms. The van der Waals surface area contributed by atoms with Gasteiger partial charge in [-0.1, -0.05) is 0 Å². The van der Waals surface area contributed by atoms with E-state index < -0.39 is 23.0 Å². The molecule has 1 fully saturated rings. The van der Waals surface area contributed by atoms with Gasteiger partial charge in [-0.3, -0.25) is 0 Å². The first-order valence-electron chi connectivity index (χ1n) is 8.55. The normalized spacial score (nSPS) is 16.2. The molecule has 0 atom stereocenters. The molecule has 1 N–H and O–H groups in total. The average molecular weight is 411 g/mol. The van der Waals surface area contributed by atoms with Crippen LogP contribution in [0.15, 0.2) is 18.7 Å². The van der Waals surface area contributed by atoms with Crippen LogP contribution in [-0.4, -0.2) is 64.1 Å². The van der Waals surface area contributed by atoms with Gasteiger partial charge < -0.3 is 9.88 Å². The van der Waals surface area contributed by atoms with Gasteiger partial charge in [-0.2, -0.15) is 5.26 Å². The first kappa shape index (κ1) is 20.1. The van der Waals surface area contributed by atoms with E-state index in [0.717, 1.165) is 0 Å². The Morgan fingerprint density at radius 3 is 2.68 bits per heavy atom. The Labute approximate surface area is 161 Å². The molecule has 150 valence electrons. The van der Waals surface area contributed by atoms with Crippen molar-refractivity contribution in [3.05, 3.63) is 24.3 Å². The number of hydrogen-bond donors (Lipinski definition) is 1. The lowest BCUT2D eigenvalue weighted by Gasteiger charge is -2.30. The minimum absolute atomic E-state index is 0.0184. The zero-order valence-electron chi connectivity index (χ0n) is 15.1. The molecule has 9 nitrogen and oxygen atoms in total. The third kappa shape index (κ3) is 4.79. The summed E-state index contributed by atoms with van der Waals surface area (Å²) in [5.74, 6) is 0.273. The van der Waals surface area contributed by atoms with Gasteiger partial charge in [0.2, 0.25) is 16.0 Å². The number of hydrogen-bond acceptors (Lipinski definition) is 7. The lowest BCUT2D eigenvalue weighted by atomic mass is 10.1. The van der Waals surface area contributed by atoms with Gasteiger partial charge in [-0.25, -0.2) is 36.5 Å². The Kier molecular flexibility index (Phi) is 5.85. The quantitative estimate of drug-likeness (QED) is 0.762. The van der Waals surface area contributed by atoms with E-state index in [4.69, 9.17) is 0 Å². The lowest BCUT2D eigenvalue weighted by Crippen LogP contribution is -2.42. The second-order valence-corrected chi connectivity index (χ2v) is 8.48. The predicted molar refractivity (Wildman–Crippen MR) is 97.0 cm³/mol. The fraction of sp³-hybridized carbons (Fsp3) is 0.500. The topological polar surface area (TPSA) is 117 Å². The van der Waals surface area contributed by atoms with E-state index in [2.05, 4.69) is 20.3 Å². The van der Waals surface area contributed by atoms with Gasteiger partial charge in [0.05, 0.1) is 30.9 Å². The maximum Gasteiger partial charge on any atom is 0.256 e.